The van der Waals surface area contributed by atoms with E-state index < -0.39 is 0 Å². The molecule has 4 heterocycles. The first-order valence-corrected chi connectivity index (χ1v) is 9.70. The standard InChI is InChI=1S/C21H24N4OS/c1-15(2)13-25-20(19(23-21(25)27)17-8-3-4-10-22-17)18-9-5-11-24(18)14-16-7-6-12-26-16/h3-12,15,19-20H,13-14H2,1-2H3,(H,23,27)/t19-,20+/m1/s1. The molecule has 3 aromatic rings. The fourth-order valence-electron chi connectivity index (χ4n) is 3.73. The maximum Gasteiger partial charge on any atom is 0.170 e. The highest BCUT2D eigenvalue weighted by atomic mass is 32.1. The van der Waals surface area contributed by atoms with Gasteiger partial charge in [-0.2, -0.15) is 0 Å². The largest absolute Gasteiger partial charge is 0.467 e. The second-order valence-electron chi connectivity index (χ2n) is 7.31. The number of hydrogen-bond donors (Lipinski definition) is 1. The molecule has 0 unspecified atom stereocenters. The molecule has 1 N–H and O–H groups in total. The molecule has 3 aromatic heterocycles. The Bertz CT molecular complexity index is 888. The molecular formula is C21H24N4OS. The first-order chi connectivity index (χ1) is 13.1. The Labute approximate surface area is 165 Å². The van der Waals surface area contributed by atoms with Crippen molar-refractivity contribution >= 4 is 17.3 Å². The molecule has 0 saturated carbocycles. The number of nitrogens with one attached hydrogen (secondary N) is 1. The lowest BCUT2D eigenvalue weighted by atomic mass is 10.0. The minimum absolute atomic E-state index is 0.0164. The molecule has 0 bridgehead atoms. The molecule has 1 aliphatic rings. The number of pyridine rings is 1. The van der Waals surface area contributed by atoms with E-state index in [-0.39, 0.29) is 12.1 Å². The molecule has 1 fully saturated rings. The lowest BCUT2D eigenvalue weighted by molar-refractivity contribution is 0.276. The average molecular weight is 381 g/mol. The van der Waals surface area contributed by atoms with Crippen molar-refractivity contribution < 1.29 is 4.42 Å². The van der Waals surface area contributed by atoms with Crippen molar-refractivity contribution in [2.75, 3.05) is 6.54 Å². The van der Waals surface area contributed by atoms with Gasteiger partial charge in [-0.15, -0.1) is 0 Å². The van der Waals surface area contributed by atoms with E-state index in [2.05, 4.69) is 58.0 Å². The van der Waals surface area contributed by atoms with Crippen LogP contribution in [0.15, 0.2) is 65.5 Å². The van der Waals surface area contributed by atoms with Gasteiger partial charge in [0.25, 0.3) is 0 Å². The Hall–Kier alpha value is -2.60. The van der Waals surface area contributed by atoms with Crippen molar-refractivity contribution in [2.24, 2.45) is 5.92 Å². The van der Waals surface area contributed by atoms with Crippen LogP contribution in [0, 0.1) is 5.92 Å². The highest BCUT2D eigenvalue weighted by Crippen LogP contribution is 2.39. The fraction of sp³-hybridized carbons (Fsp3) is 0.333. The van der Waals surface area contributed by atoms with E-state index in [1.807, 2.05) is 30.5 Å². The summed E-state index contributed by atoms with van der Waals surface area (Å²) in [5, 5.41) is 4.30. The van der Waals surface area contributed by atoms with Gasteiger partial charge >= 0.3 is 0 Å². The quantitative estimate of drug-likeness (QED) is 0.651. The smallest absolute Gasteiger partial charge is 0.170 e. The zero-order valence-corrected chi connectivity index (χ0v) is 16.4. The van der Waals surface area contributed by atoms with Gasteiger partial charge in [0.15, 0.2) is 5.11 Å². The van der Waals surface area contributed by atoms with Crippen LogP contribution >= 0.6 is 12.2 Å². The SMILES string of the molecule is CC(C)CN1C(=S)N[C@H](c2ccccn2)[C@@H]1c1cccn1Cc1ccco1. The van der Waals surface area contributed by atoms with Crippen LogP contribution in [0.25, 0.3) is 0 Å². The number of aromatic nitrogens is 2. The highest BCUT2D eigenvalue weighted by molar-refractivity contribution is 7.80. The van der Waals surface area contributed by atoms with E-state index in [4.69, 9.17) is 16.6 Å². The highest BCUT2D eigenvalue weighted by Gasteiger charge is 2.41. The zero-order valence-electron chi connectivity index (χ0n) is 15.6. The van der Waals surface area contributed by atoms with E-state index in [0.29, 0.717) is 12.5 Å². The first kappa shape index (κ1) is 17.8. The van der Waals surface area contributed by atoms with E-state index in [1.165, 1.54) is 5.69 Å². The minimum atomic E-state index is 0.0164. The summed E-state index contributed by atoms with van der Waals surface area (Å²) in [6.45, 7) is 6.03. The molecule has 5 nitrogen and oxygen atoms in total. The topological polar surface area (TPSA) is 46.2 Å². The summed E-state index contributed by atoms with van der Waals surface area (Å²) in [7, 11) is 0. The Balaban J connectivity index is 1.73. The van der Waals surface area contributed by atoms with Crippen LogP contribution < -0.4 is 5.32 Å². The molecule has 140 valence electrons. The van der Waals surface area contributed by atoms with Crippen LogP contribution in [0.4, 0.5) is 0 Å². The molecule has 0 aromatic carbocycles. The summed E-state index contributed by atoms with van der Waals surface area (Å²) in [5.74, 6) is 1.44. The van der Waals surface area contributed by atoms with Crippen molar-refractivity contribution in [3.8, 4) is 0 Å². The summed E-state index contributed by atoms with van der Waals surface area (Å²) < 4.78 is 7.80. The summed E-state index contributed by atoms with van der Waals surface area (Å²) in [6, 6.07) is 14.3. The molecule has 0 radical (unpaired) electrons. The maximum atomic E-state index is 5.71. The van der Waals surface area contributed by atoms with Gasteiger partial charge in [-0.25, -0.2) is 0 Å². The maximum absolute atomic E-state index is 5.71. The lowest BCUT2D eigenvalue weighted by Gasteiger charge is -2.30. The third kappa shape index (κ3) is 3.62. The minimum Gasteiger partial charge on any atom is -0.467 e. The van der Waals surface area contributed by atoms with Crippen molar-refractivity contribution in [3.05, 3.63) is 78.3 Å². The molecule has 2 atom stereocenters. The number of thiocarbonyl (C=S) groups is 1. The van der Waals surface area contributed by atoms with Gasteiger partial charge in [-0.05, 0) is 54.5 Å². The van der Waals surface area contributed by atoms with E-state index in [1.54, 1.807) is 6.26 Å². The van der Waals surface area contributed by atoms with E-state index in [9.17, 15) is 0 Å². The van der Waals surface area contributed by atoms with Gasteiger partial charge in [-0.3, -0.25) is 4.98 Å². The van der Waals surface area contributed by atoms with Gasteiger partial charge in [0.05, 0.1) is 30.6 Å². The van der Waals surface area contributed by atoms with Gasteiger partial charge in [0, 0.05) is 24.6 Å². The number of nitrogens with zero attached hydrogens (tertiary/aromatic N) is 3. The number of furan rings is 1. The normalized spacial score (nSPS) is 19.7. The van der Waals surface area contributed by atoms with E-state index >= 15 is 0 Å². The summed E-state index contributed by atoms with van der Waals surface area (Å²) >= 11 is 5.71. The summed E-state index contributed by atoms with van der Waals surface area (Å²) in [5.41, 5.74) is 2.21. The van der Waals surface area contributed by atoms with E-state index in [0.717, 1.165) is 23.1 Å². The molecule has 0 amide bonds. The second-order valence-corrected chi connectivity index (χ2v) is 7.70. The first-order valence-electron chi connectivity index (χ1n) is 9.29. The van der Waals surface area contributed by atoms with Crippen molar-refractivity contribution in [1.29, 1.82) is 0 Å². The molecule has 6 heteroatoms. The summed E-state index contributed by atoms with van der Waals surface area (Å²) in [4.78, 5) is 6.90. The second kappa shape index (κ2) is 7.56. The van der Waals surface area contributed by atoms with Gasteiger partial charge in [0.1, 0.15) is 5.76 Å². The summed E-state index contributed by atoms with van der Waals surface area (Å²) in [6.07, 6.45) is 5.65. The zero-order chi connectivity index (χ0) is 18.8. The molecule has 0 spiro atoms. The van der Waals surface area contributed by atoms with Crippen LogP contribution in [0.1, 0.15) is 43.1 Å². The Morgan fingerprint density at radius 1 is 1.19 bits per heavy atom. The third-order valence-electron chi connectivity index (χ3n) is 4.83. The van der Waals surface area contributed by atoms with Gasteiger partial charge < -0.3 is 19.2 Å². The Morgan fingerprint density at radius 2 is 2.07 bits per heavy atom. The Kier molecular flexibility index (Phi) is 4.99. The third-order valence-corrected chi connectivity index (χ3v) is 5.19. The predicted molar refractivity (Wildman–Crippen MR) is 109 cm³/mol. The number of hydrogen-bond acceptors (Lipinski definition) is 3. The van der Waals surface area contributed by atoms with Crippen molar-refractivity contribution in [2.45, 2.75) is 32.5 Å². The average Bonchev–Trinajstić information content (AvgIpc) is 3.38. The van der Waals surface area contributed by atoms with Gasteiger partial charge in [-0.1, -0.05) is 19.9 Å². The predicted octanol–water partition coefficient (Wildman–Crippen LogP) is 4.15. The lowest BCUT2D eigenvalue weighted by Crippen LogP contribution is -2.33. The molecule has 0 aliphatic carbocycles. The molecule has 1 saturated heterocycles. The van der Waals surface area contributed by atoms with Crippen LogP contribution in [0.5, 0.6) is 0 Å². The molecular weight excluding hydrogens is 356 g/mol. The van der Waals surface area contributed by atoms with Crippen LogP contribution in [0.2, 0.25) is 0 Å². The van der Waals surface area contributed by atoms with Crippen LogP contribution in [-0.2, 0) is 6.54 Å². The van der Waals surface area contributed by atoms with Crippen molar-refractivity contribution in [3.63, 3.8) is 0 Å². The van der Waals surface area contributed by atoms with Crippen LogP contribution in [0.3, 0.4) is 0 Å². The number of rotatable bonds is 6. The van der Waals surface area contributed by atoms with Crippen LogP contribution in [-0.4, -0.2) is 26.1 Å². The Morgan fingerprint density at radius 3 is 2.78 bits per heavy atom. The molecule has 4 rings (SSSR count). The monoisotopic (exact) mass is 380 g/mol. The fourth-order valence-corrected chi connectivity index (χ4v) is 4.04. The van der Waals surface area contributed by atoms with Crippen molar-refractivity contribution in [1.82, 2.24) is 19.8 Å². The van der Waals surface area contributed by atoms with Gasteiger partial charge in [0.2, 0.25) is 0 Å². The molecule has 27 heavy (non-hydrogen) atoms. The molecule has 1 aliphatic heterocycles.